The van der Waals surface area contributed by atoms with Crippen molar-refractivity contribution in [3.63, 3.8) is 0 Å². The van der Waals surface area contributed by atoms with Gasteiger partial charge in [0, 0.05) is 37.4 Å². The van der Waals surface area contributed by atoms with Gasteiger partial charge >= 0.3 is 0 Å². The van der Waals surface area contributed by atoms with Crippen molar-refractivity contribution >= 4 is 5.69 Å². The van der Waals surface area contributed by atoms with E-state index in [9.17, 15) is 0 Å². The molecule has 0 radical (unpaired) electrons. The highest BCUT2D eigenvalue weighted by molar-refractivity contribution is 5.46. The van der Waals surface area contributed by atoms with Crippen LogP contribution < -0.4 is 5.32 Å². The summed E-state index contributed by atoms with van der Waals surface area (Å²) >= 11 is 0. The number of rotatable bonds is 6. The summed E-state index contributed by atoms with van der Waals surface area (Å²) < 4.78 is 10.3. The second-order valence-electron chi connectivity index (χ2n) is 7.73. The van der Waals surface area contributed by atoms with Gasteiger partial charge < -0.3 is 10.1 Å². The fourth-order valence-corrected chi connectivity index (χ4v) is 4.48. The lowest BCUT2D eigenvalue weighted by Gasteiger charge is -2.31. The predicted molar refractivity (Wildman–Crippen MR) is 102 cm³/mol. The monoisotopic (exact) mass is 357 g/mol. The molecular formula is C20H31N5O. The van der Waals surface area contributed by atoms with Gasteiger partial charge in [0.25, 0.3) is 0 Å². The van der Waals surface area contributed by atoms with Crippen LogP contribution in [0.4, 0.5) is 5.69 Å². The first-order valence-corrected chi connectivity index (χ1v) is 10.2. The van der Waals surface area contributed by atoms with E-state index in [4.69, 9.17) is 4.74 Å². The van der Waals surface area contributed by atoms with Gasteiger partial charge in [-0.05, 0) is 39.5 Å². The van der Waals surface area contributed by atoms with E-state index in [0.29, 0.717) is 12.0 Å². The number of ether oxygens (including phenoxy) is 1. The molecule has 1 N–H and O–H groups in total. The summed E-state index contributed by atoms with van der Waals surface area (Å²) in [5, 5.41) is 12.7. The van der Waals surface area contributed by atoms with E-state index < -0.39 is 0 Å². The molecule has 1 aliphatic heterocycles. The van der Waals surface area contributed by atoms with Gasteiger partial charge in [0.2, 0.25) is 0 Å². The number of aryl methyl sites for hydroxylation is 1. The Morgan fingerprint density at radius 2 is 2.00 bits per heavy atom. The van der Waals surface area contributed by atoms with Crippen LogP contribution in [0.15, 0.2) is 18.6 Å². The number of hydrogen-bond acceptors (Lipinski definition) is 4. The highest BCUT2D eigenvalue weighted by Crippen LogP contribution is 2.35. The molecule has 2 aromatic heterocycles. The maximum absolute atomic E-state index is 6.13. The molecule has 0 aromatic carbocycles. The van der Waals surface area contributed by atoms with Crippen molar-refractivity contribution in [2.75, 3.05) is 18.5 Å². The van der Waals surface area contributed by atoms with Crippen LogP contribution in [-0.2, 0) is 11.3 Å². The quantitative estimate of drug-likeness (QED) is 0.845. The third-order valence-electron chi connectivity index (χ3n) is 6.02. The lowest BCUT2D eigenvalue weighted by Crippen LogP contribution is -2.28. The van der Waals surface area contributed by atoms with Gasteiger partial charge in [0.15, 0.2) is 0 Å². The van der Waals surface area contributed by atoms with Crippen LogP contribution in [0.3, 0.4) is 0 Å². The zero-order valence-electron chi connectivity index (χ0n) is 16.0. The Labute approximate surface area is 155 Å². The van der Waals surface area contributed by atoms with Crippen molar-refractivity contribution in [3.8, 4) is 0 Å². The molecule has 2 fully saturated rings. The molecule has 1 saturated heterocycles. The van der Waals surface area contributed by atoms with Crippen LogP contribution in [-0.4, -0.2) is 32.7 Å². The smallest absolute Gasteiger partial charge is 0.0900 e. The van der Waals surface area contributed by atoms with Crippen LogP contribution >= 0.6 is 0 Å². The summed E-state index contributed by atoms with van der Waals surface area (Å²) in [6, 6.07) is 0.594. The van der Waals surface area contributed by atoms with E-state index >= 15 is 0 Å². The molecule has 3 heterocycles. The van der Waals surface area contributed by atoms with Crippen molar-refractivity contribution in [2.24, 2.45) is 5.92 Å². The van der Waals surface area contributed by atoms with E-state index in [1.165, 1.54) is 49.0 Å². The Morgan fingerprint density at radius 1 is 1.15 bits per heavy atom. The van der Waals surface area contributed by atoms with E-state index in [1.807, 2.05) is 17.1 Å². The first-order valence-electron chi connectivity index (χ1n) is 10.2. The van der Waals surface area contributed by atoms with Crippen molar-refractivity contribution in [3.05, 3.63) is 29.8 Å². The van der Waals surface area contributed by atoms with Gasteiger partial charge in [0.1, 0.15) is 0 Å². The fraction of sp³-hybridized carbons (Fsp3) is 0.700. The molecule has 0 spiro atoms. The predicted octanol–water partition coefficient (Wildman–Crippen LogP) is 4.10. The molecular weight excluding hydrogens is 326 g/mol. The second kappa shape index (κ2) is 7.82. The number of aromatic nitrogens is 4. The zero-order chi connectivity index (χ0) is 17.9. The Balaban J connectivity index is 1.42. The Kier molecular flexibility index (Phi) is 5.29. The molecule has 0 unspecified atom stereocenters. The molecule has 2 aliphatic rings. The minimum absolute atomic E-state index is 0.140. The number of anilines is 1. The second-order valence-corrected chi connectivity index (χ2v) is 7.73. The lowest BCUT2D eigenvalue weighted by molar-refractivity contribution is -0.0239. The minimum atomic E-state index is 0.140. The maximum atomic E-state index is 6.13. The summed E-state index contributed by atoms with van der Waals surface area (Å²) in [5.74, 6) is 0.465. The SMILES string of the molecule is CCn1cc([C@@H]2OCCC[C@H]2CNc2cnn(C3CCCC3)c2C)cn1. The molecule has 6 heteroatoms. The van der Waals surface area contributed by atoms with Gasteiger partial charge in [0.05, 0.1) is 35.9 Å². The van der Waals surface area contributed by atoms with Gasteiger partial charge in [-0.3, -0.25) is 9.36 Å². The van der Waals surface area contributed by atoms with E-state index in [-0.39, 0.29) is 6.10 Å². The van der Waals surface area contributed by atoms with E-state index in [2.05, 4.69) is 40.2 Å². The molecule has 1 saturated carbocycles. The van der Waals surface area contributed by atoms with Crippen LogP contribution in [0.25, 0.3) is 0 Å². The van der Waals surface area contributed by atoms with Gasteiger partial charge in [-0.25, -0.2) is 0 Å². The minimum Gasteiger partial charge on any atom is -0.382 e. The van der Waals surface area contributed by atoms with Gasteiger partial charge in [-0.2, -0.15) is 10.2 Å². The first kappa shape index (κ1) is 17.6. The van der Waals surface area contributed by atoms with Crippen molar-refractivity contribution < 1.29 is 4.74 Å². The van der Waals surface area contributed by atoms with Crippen LogP contribution in [0, 0.1) is 12.8 Å². The number of nitrogens with zero attached hydrogens (tertiary/aromatic N) is 4. The summed E-state index contributed by atoms with van der Waals surface area (Å²) in [7, 11) is 0. The maximum Gasteiger partial charge on any atom is 0.0900 e. The van der Waals surface area contributed by atoms with Crippen molar-refractivity contribution in [1.29, 1.82) is 0 Å². The topological polar surface area (TPSA) is 56.9 Å². The highest BCUT2D eigenvalue weighted by atomic mass is 16.5. The molecule has 6 nitrogen and oxygen atoms in total. The van der Waals surface area contributed by atoms with Crippen LogP contribution in [0.2, 0.25) is 0 Å². The number of nitrogens with one attached hydrogen (secondary N) is 1. The highest BCUT2D eigenvalue weighted by Gasteiger charge is 2.29. The summed E-state index contributed by atoms with van der Waals surface area (Å²) in [6.07, 6.45) is 13.8. The Bertz CT molecular complexity index is 716. The van der Waals surface area contributed by atoms with Crippen LogP contribution in [0.5, 0.6) is 0 Å². The summed E-state index contributed by atoms with van der Waals surface area (Å²) in [4.78, 5) is 0. The average Bonchev–Trinajstić information content (AvgIpc) is 3.41. The standard InChI is InChI=1S/C20H31N5O/c1-3-24-14-17(12-22-24)20-16(7-6-10-26-20)11-21-19-13-23-25(15(19)2)18-8-4-5-9-18/h12-14,16,18,20-21H,3-11H2,1-2H3/t16-,20+/m0/s1. The molecule has 0 amide bonds. The molecule has 4 rings (SSSR count). The molecule has 1 aliphatic carbocycles. The first-order chi connectivity index (χ1) is 12.8. The molecule has 26 heavy (non-hydrogen) atoms. The summed E-state index contributed by atoms with van der Waals surface area (Å²) in [5.41, 5.74) is 3.64. The van der Waals surface area contributed by atoms with E-state index in [0.717, 1.165) is 26.1 Å². The molecule has 142 valence electrons. The fourth-order valence-electron chi connectivity index (χ4n) is 4.48. The zero-order valence-corrected chi connectivity index (χ0v) is 16.0. The average molecular weight is 358 g/mol. The summed E-state index contributed by atoms with van der Waals surface area (Å²) in [6.45, 7) is 6.96. The van der Waals surface area contributed by atoms with Crippen molar-refractivity contribution in [2.45, 2.75) is 71.1 Å². The molecule has 0 bridgehead atoms. The van der Waals surface area contributed by atoms with Crippen LogP contribution in [0.1, 0.15) is 68.9 Å². The third kappa shape index (κ3) is 3.52. The van der Waals surface area contributed by atoms with Gasteiger partial charge in [-0.15, -0.1) is 0 Å². The normalized spacial score (nSPS) is 24.2. The lowest BCUT2D eigenvalue weighted by atomic mass is 9.91. The largest absolute Gasteiger partial charge is 0.382 e. The van der Waals surface area contributed by atoms with Crippen molar-refractivity contribution in [1.82, 2.24) is 19.6 Å². The number of hydrogen-bond donors (Lipinski definition) is 1. The Morgan fingerprint density at radius 3 is 2.77 bits per heavy atom. The van der Waals surface area contributed by atoms with E-state index in [1.54, 1.807) is 0 Å². The third-order valence-corrected chi connectivity index (χ3v) is 6.02. The Hall–Kier alpha value is -1.82. The molecule has 2 atom stereocenters. The van der Waals surface area contributed by atoms with Gasteiger partial charge in [-0.1, -0.05) is 12.8 Å². The molecule has 2 aromatic rings.